The maximum Gasteiger partial charge on any atom is 0.228 e. The number of nitrogens with zero attached hydrogens (tertiary/aromatic N) is 2. The number of alkyl halides is 1. The molecule has 0 bridgehead atoms. The topological polar surface area (TPSA) is 66.1 Å². The first-order valence-electron chi connectivity index (χ1n) is 4.11. The van der Waals surface area contributed by atoms with Crippen molar-refractivity contribution in [2.45, 2.75) is 13.0 Å². The molecule has 0 unspecified atom stereocenters. The number of rotatable bonds is 2. The molecule has 14 heavy (non-hydrogen) atoms. The van der Waals surface area contributed by atoms with Gasteiger partial charge in [-0.2, -0.15) is 9.40 Å². The van der Waals surface area contributed by atoms with Crippen molar-refractivity contribution in [2.75, 3.05) is 11.8 Å². The van der Waals surface area contributed by atoms with Gasteiger partial charge in [-0.25, -0.2) is 8.42 Å². The highest BCUT2D eigenvalue weighted by Crippen LogP contribution is 2.18. The van der Waals surface area contributed by atoms with E-state index in [-0.39, 0.29) is 5.21 Å². The van der Waals surface area contributed by atoms with E-state index in [9.17, 15) is 8.42 Å². The molecule has 1 radical (unpaired) electrons. The minimum absolute atomic E-state index is 0.320. The van der Waals surface area contributed by atoms with E-state index in [1.807, 2.05) is 0 Å². The molecular formula is C7H9ClN3O2S. The second-order valence-electron chi connectivity index (χ2n) is 3.10. The van der Waals surface area contributed by atoms with Crippen molar-refractivity contribution in [3.8, 4) is 0 Å². The first-order valence-corrected chi connectivity index (χ1v) is 6.25. The highest BCUT2D eigenvalue weighted by atomic mass is 35.5. The van der Waals surface area contributed by atoms with Crippen molar-refractivity contribution in [3.63, 3.8) is 0 Å². The molecule has 2 heterocycles. The van der Waals surface area contributed by atoms with Crippen LogP contribution in [0.15, 0.2) is 0 Å². The van der Waals surface area contributed by atoms with Gasteiger partial charge in [0.2, 0.25) is 10.0 Å². The Morgan fingerprint density at radius 3 is 3.14 bits per heavy atom. The molecule has 0 atom stereocenters. The summed E-state index contributed by atoms with van der Waals surface area (Å²) < 4.78 is 24.2. The zero-order valence-electron chi connectivity index (χ0n) is 7.33. The lowest BCUT2D eigenvalue weighted by Crippen LogP contribution is -2.36. The van der Waals surface area contributed by atoms with Crippen LogP contribution >= 0.6 is 11.6 Å². The summed E-state index contributed by atoms with van der Waals surface area (Å²) in [5, 5.41) is 6.15. The summed E-state index contributed by atoms with van der Waals surface area (Å²) in [7, 11) is -3.30. The van der Waals surface area contributed by atoms with Gasteiger partial charge in [-0.3, -0.25) is 5.10 Å². The van der Waals surface area contributed by atoms with Crippen molar-refractivity contribution >= 4 is 21.6 Å². The summed E-state index contributed by atoms with van der Waals surface area (Å²) in [6, 6.07) is 0. The van der Waals surface area contributed by atoms with Crippen LogP contribution in [0.25, 0.3) is 0 Å². The molecule has 0 aromatic carbocycles. The average molecular weight is 235 g/mol. The van der Waals surface area contributed by atoms with Crippen LogP contribution in [0.3, 0.4) is 0 Å². The van der Waals surface area contributed by atoms with Crippen molar-refractivity contribution in [1.29, 1.82) is 0 Å². The fourth-order valence-electron chi connectivity index (χ4n) is 1.43. The molecule has 77 valence electrons. The SMILES string of the molecule is O=S(=O)(CCl)N1CCc2[nH]n[c]c2C1. The molecule has 0 saturated heterocycles. The van der Waals surface area contributed by atoms with Gasteiger partial charge in [-0.1, -0.05) is 0 Å². The molecule has 1 aliphatic heterocycles. The number of aromatic amines is 1. The van der Waals surface area contributed by atoms with E-state index >= 15 is 0 Å². The number of fused-ring (bicyclic) bond motifs is 1. The van der Waals surface area contributed by atoms with E-state index in [1.165, 1.54) is 4.31 Å². The summed E-state index contributed by atoms with van der Waals surface area (Å²) in [6.45, 7) is 0.777. The fraction of sp³-hybridized carbons (Fsp3) is 0.571. The highest BCUT2D eigenvalue weighted by molar-refractivity contribution is 7.90. The largest absolute Gasteiger partial charge is 0.282 e. The third kappa shape index (κ3) is 1.65. The van der Waals surface area contributed by atoms with E-state index < -0.39 is 10.0 Å². The van der Waals surface area contributed by atoms with Crippen LogP contribution in [-0.4, -0.2) is 34.7 Å². The fourth-order valence-corrected chi connectivity index (χ4v) is 2.68. The molecule has 2 rings (SSSR count). The number of hydrogen-bond donors (Lipinski definition) is 1. The number of H-pyrrole nitrogens is 1. The van der Waals surface area contributed by atoms with Gasteiger partial charge in [0.1, 0.15) is 11.4 Å². The first-order chi connectivity index (χ1) is 6.63. The molecule has 0 fully saturated rings. The lowest BCUT2D eigenvalue weighted by Gasteiger charge is -2.24. The molecule has 0 saturated carbocycles. The second-order valence-corrected chi connectivity index (χ2v) is 5.65. The van der Waals surface area contributed by atoms with Crippen LogP contribution < -0.4 is 0 Å². The van der Waals surface area contributed by atoms with Crippen LogP contribution in [0.5, 0.6) is 0 Å². The van der Waals surface area contributed by atoms with E-state index in [0.29, 0.717) is 19.5 Å². The quantitative estimate of drug-likeness (QED) is 0.738. The van der Waals surface area contributed by atoms with Gasteiger partial charge in [0.15, 0.2) is 0 Å². The molecule has 0 spiro atoms. The third-order valence-corrected chi connectivity index (χ3v) is 4.42. The van der Waals surface area contributed by atoms with Crippen molar-refractivity contribution in [1.82, 2.24) is 14.5 Å². The summed E-state index contributed by atoms with van der Waals surface area (Å²) >= 11 is 5.36. The minimum Gasteiger partial charge on any atom is -0.282 e. The second kappa shape index (κ2) is 3.52. The Kier molecular flexibility index (Phi) is 2.50. The Morgan fingerprint density at radius 2 is 2.43 bits per heavy atom. The van der Waals surface area contributed by atoms with Crippen molar-refractivity contribution < 1.29 is 8.42 Å². The zero-order valence-corrected chi connectivity index (χ0v) is 8.90. The summed E-state index contributed by atoms with van der Waals surface area (Å²) in [5.74, 6) is 0. The van der Waals surface area contributed by atoms with E-state index in [4.69, 9.17) is 11.6 Å². The molecule has 1 aliphatic rings. The lowest BCUT2D eigenvalue weighted by atomic mass is 10.1. The zero-order chi connectivity index (χ0) is 10.2. The minimum atomic E-state index is -3.30. The molecule has 7 heteroatoms. The molecule has 1 aromatic rings. The molecule has 1 N–H and O–H groups in total. The Hall–Kier alpha value is -0.590. The maximum atomic E-state index is 11.4. The molecule has 0 amide bonds. The van der Waals surface area contributed by atoms with E-state index in [1.54, 1.807) is 0 Å². The number of halogens is 1. The lowest BCUT2D eigenvalue weighted by molar-refractivity contribution is 0.392. The number of aromatic nitrogens is 2. The predicted molar refractivity (Wildman–Crippen MR) is 51.2 cm³/mol. The van der Waals surface area contributed by atoms with Crippen LogP contribution in [0, 0.1) is 6.20 Å². The third-order valence-electron chi connectivity index (χ3n) is 2.22. The molecule has 1 aromatic heterocycles. The Balaban J connectivity index is 2.23. The molecule has 0 aliphatic carbocycles. The number of sulfonamides is 1. The summed E-state index contributed by atoms with van der Waals surface area (Å²) in [5.41, 5.74) is 1.77. The Bertz CT molecular complexity index is 428. The average Bonchev–Trinajstić information content (AvgIpc) is 2.64. The standard InChI is InChI=1S/C7H9ClN3O2S/c8-5-14(12,13)11-2-1-7-6(4-11)3-9-10-7/h1-2,4-5H2,(H,9,10). The van der Waals surface area contributed by atoms with Crippen molar-refractivity contribution in [3.05, 3.63) is 17.5 Å². The van der Waals surface area contributed by atoms with Gasteiger partial charge in [0.05, 0.1) is 0 Å². The summed E-state index contributed by atoms with van der Waals surface area (Å²) in [6.07, 6.45) is 3.37. The van der Waals surface area contributed by atoms with Crippen LogP contribution in [-0.2, 0) is 23.0 Å². The first kappa shape index (κ1) is 9.95. The van der Waals surface area contributed by atoms with Crippen molar-refractivity contribution in [2.24, 2.45) is 0 Å². The van der Waals surface area contributed by atoms with Gasteiger partial charge < -0.3 is 0 Å². The smallest absolute Gasteiger partial charge is 0.228 e. The van der Waals surface area contributed by atoms with Crippen LogP contribution in [0.4, 0.5) is 0 Å². The van der Waals surface area contributed by atoms with E-state index in [2.05, 4.69) is 16.4 Å². The Morgan fingerprint density at radius 1 is 1.64 bits per heavy atom. The number of nitrogens with one attached hydrogen (secondary N) is 1. The normalized spacial score (nSPS) is 18.1. The maximum absolute atomic E-state index is 11.4. The monoisotopic (exact) mass is 234 g/mol. The number of hydrogen-bond acceptors (Lipinski definition) is 3. The van der Waals surface area contributed by atoms with Gasteiger partial charge in [-0.15, -0.1) is 11.6 Å². The molecular weight excluding hydrogens is 226 g/mol. The van der Waals surface area contributed by atoms with Crippen LogP contribution in [0.1, 0.15) is 11.3 Å². The van der Waals surface area contributed by atoms with Gasteiger partial charge in [0.25, 0.3) is 0 Å². The van der Waals surface area contributed by atoms with E-state index in [0.717, 1.165) is 11.3 Å². The highest BCUT2D eigenvalue weighted by Gasteiger charge is 2.26. The van der Waals surface area contributed by atoms with Crippen LogP contribution in [0.2, 0.25) is 0 Å². The van der Waals surface area contributed by atoms with Gasteiger partial charge in [-0.05, 0) is 0 Å². The summed E-state index contributed by atoms with van der Waals surface area (Å²) in [4.78, 5) is 0. The van der Waals surface area contributed by atoms with Gasteiger partial charge in [0, 0.05) is 30.8 Å². The van der Waals surface area contributed by atoms with Gasteiger partial charge >= 0.3 is 0 Å². The molecule has 5 nitrogen and oxygen atoms in total. The Labute approximate surface area is 87.1 Å². The predicted octanol–water partition coefficient (Wildman–Crippen LogP) is 0.0941.